The standard InChI is InChI=1S/C11H9Cl4NO2/c1-6(12)4-16-11(17)5-18-10-3-8(14)7(13)2-9(10)15/h2-3H,1,4-5H2,(H,16,17). The van der Waals surface area contributed by atoms with Crippen LogP contribution >= 0.6 is 46.4 Å². The summed E-state index contributed by atoms with van der Waals surface area (Å²) in [4.78, 5) is 11.3. The molecule has 98 valence electrons. The van der Waals surface area contributed by atoms with Gasteiger partial charge >= 0.3 is 0 Å². The van der Waals surface area contributed by atoms with Gasteiger partial charge in [0.25, 0.3) is 5.91 Å². The van der Waals surface area contributed by atoms with Gasteiger partial charge in [0, 0.05) is 11.1 Å². The predicted octanol–water partition coefficient (Wildman–Crippen LogP) is 3.89. The molecule has 0 spiro atoms. The predicted molar refractivity (Wildman–Crippen MR) is 75.0 cm³/mol. The largest absolute Gasteiger partial charge is 0.482 e. The first kappa shape index (κ1) is 15.4. The summed E-state index contributed by atoms with van der Waals surface area (Å²) < 4.78 is 5.21. The minimum atomic E-state index is -0.348. The summed E-state index contributed by atoms with van der Waals surface area (Å²) in [5.74, 6) is -0.0649. The van der Waals surface area contributed by atoms with Gasteiger partial charge in [0.2, 0.25) is 0 Å². The summed E-state index contributed by atoms with van der Waals surface area (Å²) in [6.45, 7) is 3.41. The monoisotopic (exact) mass is 327 g/mol. The van der Waals surface area contributed by atoms with Crippen LogP contribution in [0.3, 0.4) is 0 Å². The van der Waals surface area contributed by atoms with Gasteiger partial charge in [-0.25, -0.2) is 0 Å². The van der Waals surface area contributed by atoms with Crippen LogP contribution in [-0.2, 0) is 4.79 Å². The Balaban J connectivity index is 2.56. The molecular formula is C11H9Cl4NO2. The Kier molecular flexibility index (Phi) is 6.09. The number of hydrogen-bond acceptors (Lipinski definition) is 2. The van der Waals surface area contributed by atoms with Gasteiger partial charge in [-0.3, -0.25) is 4.79 Å². The van der Waals surface area contributed by atoms with Gasteiger partial charge in [0.1, 0.15) is 5.75 Å². The van der Waals surface area contributed by atoms with E-state index in [4.69, 9.17) is 51.1 Å². The summed E-state index contributed by atoms with van der Waals surface area (Å²) in [6, 6.07) is 2.89. The van der Waals surface area contributed by atoms with Crippen LogP contribution in [0.5, 0.6) is 5.75 Å². The number of carbonyl (C=O) groups is 1. The van der Waals surface area contributed by atoms with Crippen LogP contribution in [-0.4, -0.2) is 19.1 Å². The number of hydrogen-bond donors (Lipinski definition) is 1. The van der Waals surface area contributed by atoms with Gasteiger partial charge in [-0.1, -0.05) is 53.0 Å². The number of halogens is 4. The van der Waals surface area contributed by atoms with Crippen LogP contribution in [0.4, 0.5) is 0 Å². The van der Waals surface area contributed by atoms with E-state index in [9.17, 15) is 4.79 Å². The summed E-state index contributed by atoms with van der Waals surface area (Å²) in [7, 11) is 0. The van der Waals surface area contributed by atoms with E-state index < -0.39 is 0 Å². The van der Waals surface area contributed by atoms with Crippen LogP contribution in [0, 0.1) is 0 Å². The molecule has 0 aliphatic heterocycles. The van der Waals surface area contributed by atoms with E-state index in [0.717, 1.165) is 0 Å². The van der Waals surface area contributed by atoms with E-state index in [1.807, 2.05) is 0 Å². The average Bonchev–Trinajstić information content (AvgIpc) is 2.29. The van der Waals surface area contributed by atoms with Gasteiger partial charge in [-0.2, -0.15) is 0 Å². The van der Waals surface area contributed by atoms with E-state index in [2.05, 4.69) is 11.9 Å². The highest BCUT2D eigenvalue weighted by molar-refractivity contribution is 6.43. The van der Waals surface area contributed by atoms with Crippen molar-refractivity contribution in [3.8, 4) is 5.75 Å². The molecule has 7 heteroatoms. The summed E-state index contributed by atoms with van der Waals surface area (Å²) in [5, 5.41) is 3.72. The minimum Gasteiger partial charge on any atom is -0.482 e. The van der Waals surface area contributed by atoms with Crippen LogP contribution in [0.15, 0.2) is 23.7 Å². The van der Waals surface area contributed by atoms with E-state index in [-0.39, 0.29) is 29.8 Å². The molecule has 3 nitrogen and oxygen atoms in total. The average molecular weight is 329 g/mol. The fourth-order valence-electron chi connectivity index (χ4n) is 1.00. The number of benzene rings is 1. The topological polar surface area (TPSA) is 38.3 Å². The van der Waals surface area contributed by atoms with Gasteiger partial charge in [-0.05, 0) is 6.07 Å². The van der Waals surface area contributed by atoms with E-state index in [1.54, 1.807) is 0 Å². The fourth-order valence-corrected chi connectivity index (χ4v) is 1.66. The van der Waals surface area contributed by atoms with Crippen LogP contribution in [0.2, 0.25) is 15.1 Å². The third-order valence-electron chi connectivity index (χ3n) is 1.81. The van der Waals surface area contributed by atoms with Crippen molar-refractivity contribution in [2.45, 2.75) is 0 Å². The zero-order valence-corrected chi connectivity index (χ0v) is 12.1. The van der Waals surface area contributed by atoms with Crippen LogP contribution in [0.1, 0.15) is 0 Å². The molecule has 1 aromatic rings. The molecule has 0 fully saturated rings. The highest BCUT2D eigenvalue weighted by Crippen LogP contribution is 2.33. The highest BCUT2D eigenvalue weighted by Gasteiger charge is 2.09. The first-order valence-corrected chi connectivity index (χ1v) is 6.28. The SMILES string of the molecule is C=C(Cl)CNC(=O)COc1cc(Cl)c(Cl)cc1Cl. The Morgan fingerprint density at radius 3 is 2.44 bits per heavy atom. The van der Waals surface area contributed by atoms with Crippen molar-refractivity contribution in [3.05, 3.63) is 38.8 Å². The molecule has 1 rings (SSSR count). The van der Waals surface area contributed by atoms with Crippen molar-refractivity contribution in [2.24, 2.45) is 0 Å². The normalized spacial score (nSPS) is 10.0. The number of rotatable bonds is 5. The second-order valence-electron chi connectivity index (χ2n) is 3.28. The molecule has 0 bridgehead atoms. The Hall–Kier alpha value is -0.610. The zero-order chi connectivity index (χ0) is 13.7. The molecule has 0 unspecified atom stereocenters. The van der Waals surface area contributed by atoms with Crippen molar-refractivity contribution in [2.75, 3.05) is 13.2 Å². The van der Waals surface area contributed by atoms with Gasteiger partial charge in [0.15, 0.2) is 6.61 Å². The quantitative estimate of drug-likeness (QED) is 0.833. The lowest BCUT2D eigenvalue weighted by Crippen LogP contribution is -2.29. The molecule has 0 radical (unpaired) electrons. The lowest BCUT2D eigenvalue weighted by Gasteiger charge is -2.09. The Labute approximate surface area is 125 Å². The van der Waals surface area contributed by atoms with E-state index in [0.29, 0.717) is 15.1 Å². The third kappa shape index (κ3) is 4.94. The van der Waals surface area contributed by atoms with E-state index in [1.165, 1.54) is 12.1 Å². The van der Waals surface area contributed by atoms with Gasteiger partial charge in [-0.15, -0.1) is 0 Å². The zero-order valence-electron chi connectivity index (χ0n) is 9.10. The minimum absolute atomic E-state index is 0.179. The molecule has 18 heavy (non-hydrogen) atoms. The molecule has 0 saturated carbocycles. The molecule has 1 N–H and O–H groups in total. The van der Waals surface area contributed by atoms with Crippen molar-refractivity contribution < 1.29 is 9.53 Å². The molecule has 0 aliphatic rings. The lowest BCUT2D eigenvalue weighted by molar-refractivity contribution is -0.122. The van der Waals surface area contributed by atoms with E-state index >= 15 is 0 Å². The molecule has 0 heterocycles. The molecule has 0 atom stereocenters. The van der Waals surface area contributed by atoms with Crippen molar-refractivity contribution >= 4 is 52.3 Å². The Bertz CT molecular complexity index is 476. The number of amides is 1. The fraction of sp³-hybridized carbons (Fsp3) is 0.182. The molecule has 0 aromatic heterocycles. The highest BCUT2D eigenvalue weighted by atomic mass is 35.5. The summed E-state index contributed by atoms with van der Waals surface area (Å²) in [6.07, 6.45) is 0. The smallest absolute Gasteiger partial charge is 0.258 e. The number of ether oxygens (including phenoxy) is 1. The maximum absolute atomic E-state index is 11.3. The van der Waals surface area contributed by atoms with Crippen LogP contribution in [0.25, 0.3) is 0 Å². The molecule has 0 saturated heterocycles. The molecular weight excluding hydrogens is 320 g/mol. The third-order valence-corrected chi connectivity index (χ3v) is 2.96. The van der Waals surface area contributed by atoms with Crippen molar-refractivity contribution in [3.63, 3.8) is 0 Å². The Morgan fingerprint density at radius 2 is 1.83 bits per heavy atom. The maximum atomic E-state index is 11.3. The lowest BCUT2D eigenvalue weighted by atomic mass is 10.3. The maximum Gasteiger partial charge on any atom is 0.258 e. The van der Waals surface area contributed by atoms with Gasteiger partial charge < -0.3 is 10.1 Å². The second kappa shape index (κ2) is 7.10. The first-order chi connectivity index (χ1) is 8.40. The van der Waals surface area contributed by atoms with Gasteiger partial charge in [0.05, 0.1) is 21.6 Å². The molecule has 1 aromatic carbocycles. The molecule has 1 amide bonds. The number of carbonyl (C=O) groups excluding carboxylic acids is 1. The molecule has 0 aliphatic carbocycles. The number of nitrogens with one attached hydrogen (secondary N) is 1. The Morgan fingerprint density at radius 1 is 1.22 bits per heavy atom. The summed E-state index contributed by atoms with van der Waals surface area (Å²) in [5.41, 5.74) is 0. The van der Waals surface area contributed by atoms with Crippen molar-refractivity contribution in [1.82, 2.24) is 5.32 Å². The van der Waals surface area contributed by atoms with Crippen molar-refractivity contribution in [1.29, 1.82) is 0 Å². The second-order valence-corrected chi connectivity index (χ2v) is 5.04. The van der Waals surface area contributed by atoms with Crippen LogP contribution < -0.4 is 10.1 Å². The summed E-state index contributed by atoms with van der Waals surface area (Å²) >= 11 is 22.9. The first-order valence-electron chi connectivity index (χ1n) is 4.77.